The Labute approximate surface area is 49.7 Å². The van der Waals surface area contributed by atoms with Gasteiger partial charge in [-0.1, -0.05) is 11.2 Å². The predicted octanol–water partition coefficient (Wildman–Crippen LogP) is 1.05. The van der Waals surface area contributed by atoms with E-state index >= 15 is 0 Å². The van der Waals surface area contributed by atoms with E-state index in [1.165, 1.54) is 0 Å². The smallest absolute Gasteiger partial charge is 0.136 e. The van der Waals surface area contributed by atoms with Crippen LogP contribution in [0.4, 0.5) is 0 Å². The Hall–Kier alpha value is 0.640. The van der Waals surface area contributed by atoms with Gasteiger partial charge in [0.15, 0.2) is 0 Å². The molecule has 0 aliphatic heterocycles. The number of halogens is 1. The summed E-state index contributed by atoms with van der Waals surface area (Å²) in [6.07, 6.45) is 0.580. The minimum atomic E-state index is -1.24. The van der Waals surface area contributed by atoms with Crippen molar-refractivity contribution in [2.75, 3.05) is 20.4 Å². The predicted molar refractivity (Wildman–Crippen MR) is 33.5 cm³/mol. The van der Waals surface area contributed by atoms with Crippen molar-refractivity contribution in [3.05, 3.63) is 0 Å². The van der Waals surface area contributed by atoms with Crippen LogP contribution in [-0.2, 0) is 0 Å². The third kappa shape index (κ3) is 6.64. The first kappa shape index (κ1) is 7.64. The van der Waals surface area contributed by atoms with Crippen LogP contribution in [0.25, 0.3) is 0 Å². The third-order valence-electron chi connectivity index (χ3n) is 0.400. The molecule has 0 aromatic heterocycles. The van der Waals surface area contributed by atoms with Gasteiger partial charge in [-0.05, 0) is 14.1 Å². The molecule has 4 heteroatoms. The van der Waals surface area contributed by atoms with E-state index < -0.39 is 7.50 Å². The molecule has 7 heavy (non-hydrogen) atoms. The van der Waals surface area contributed by atoms with E-state index in [-0.39, 0.29) is 0 Å². The molecule has 1 unspecified atom stereocenters. The van der Waals surface area contributed by atoms with Crippen molar-refractivity contribution in [2.45, 2.75) is 0 Å². The lowest BCUT2D eigenvalue weighted by atomic mass is 11.0. The summed E-state index contributed by atoms with van der Waals surface area (Å²) in [5, 5.41) is 0. The Kier molecular flexibility index (Phi) is 3.95. The number of nitrogens with zero attached hydrogens (tertiary/aromatic N) is 1. The molecule has 0 radical (unpaired) electrons. The van der Waals surface area contributed by atoms with E-state index in [4.69, 9.17) is 16.1 Å². The molecule has 0 heterocycles. The average Bonchev–Trinajstić information content (AvgIpc) is 1.27. The Bertz CT molecular complexity index is 44.2. The highest BCUT2D eigenvalue weighted by atomic mass is 35.7. The minimum absolute atomic E-state index is 0.580. The van der Waals surface area contributed by atoms with Crippen molar-refractivity contribution in [1.82, 2.24) is 4.90 Å². The summed E-state index contributed by atoms with van der Waals surface area (Å²) in [6, 6.07) is 0. The largest absolute Gasteiger partial charge is 0.358 e. The highest BCUT2D eigenvalue weighted by Gasteiger charge is 1.97. The number of rotatable bonds is 2. The highest BCUT2D eigenvalue weighted by molar-refractivity contribution is 7.79. The minimum Gasteiger partial charge on any atom is -0.358 e. The van der Waals surface area contributed by atoms with E-state index in [9.17, 15) is 0 Å². The van der Waals surface area contributed by atoms with E-state index in [1.54, 1.807) is 0 Å². The fraction of sp³-hybridized carbons (Fsp3) is 1.00. The van der Waals surface area contributed by atoms with Gasteiger partial charge in [0.05, 0.1) is 6.29 Å². The third-order valence-corrected chi connectivity index (χ3v) is 1.52. The Morgan fingerprint density at radius 1 is 1.71 bits per heavy atom. The van der Waals surface area contributed by atoms with Crippen molar-refractivity contribution in [1.29, 1.82) is 0 Å². The number of hydrogen-bond acceptors (Lipinski definition) is 2. The van der Waals surface area contributed by atoms with Crippen molar-refractivity contribution >= 4 is 18.7 Å². The van der Waals surface area contributed by atoms with Crippen LogP contribution in [0.3, 0.4) is 0 Å². The molecule has 2 nitrogen and oxygen atoms in total. The molecule has 0 aliphatic rings. The lowest BCUT2D eigenvalue weighted by Crippen LogP contribution is -2.09. The lowest BCUT2D eigenvalue weighted by molar-refractivity contribution is 0.466. The zero-order chi connectivity index (χ0) is 5.86. The van der Waals surface area contributed by atoms with Crippen LogP contribution in [0.2, 0.25) is 0 Å². The molecular formula is C3H9ClNOP. The molecule has 0 rings (SSSR count). The fourth-order valence-corrected chi connectivity index (χ4v) is 1.34. The second-order valence-electron chi connectivity index (χ2n) is 1.56. The van der Waals surface area contributed by atoms with Crippen LogP contribution >= 0.6 is 18.7 Å². The van der Waals surface area contributed by atoms with Crippen LogP contribution in [0.1, 0.15) is 0 Å². The maximum absolute atomic E-state index is 8.51. The molecule has 1 N–H and O–H groups in total. The van der Waals surface area contributed by atoms with E-state index in [2.05, 4.69) is 0 Å². The molecule has 0 bridgehead atoms. The zero-order valence-corrected chi connectivity index (χ0v) is 6.08. The first-order chi connectivity index (χ1) is 3.13. The Balaban J connectivity index is 2.95. The zero-order valence-electron chi connectivity index (χ0n) is 4.43. The first-order valence-electron chi connectivity index (χ1n) is 1.90. The van der Waals surface area contributed by atoms with Gasteiger partial charge in [0.1, 0.15) is 7.50 Å². The van der Waals surface area contributed by atoms with Crippen LogP contribution in [0.15, 0.2) is 0 Å². The SMILES string of the molecule is CN(C)CP(O)Cl. The maximum atomic E-state index is 8.51. The van der Waals surface area contributed by atoms with Gasteiger partial charge >= 0.3 is 0 Å². The quantitative estimate of drug-likeness (QED) is 0.581. The topological polar surface area (TPSA) is 23.5 Å². The summed E-state index contributed by atoms with van der Waals surface area (Å²) < 4.78 is 0. The van der Waals surface area contributed by atoms with Crippen molar-refractivity contribution in [3.63, 3.8) is 0 Å². The molecule has 44 valence electrons. The monoisotopic (exact) mass is 141 g/mol. The van der Waals surface area contributed by atoms with Gasteiger partial charge in [0, 0.05) is 0 Å². The molecule has 0 aromatic rings. The van der Waals surface area contributed by atoms with Gasteiger partial charge in [-0.2, -0.15) is 0 Å². The fourth-order valence-electron chi connectivity index (χ4n) is 0.233. The van der Waals surface area contributed by atoms with Crippen LogP contribution in [-0.4, -0.2) is 30.2 Å². The van der Waals surface area contributed by atoms with Gasteiger partial charge in [-0.15, -0.1) is 0 Å². The van der Waals surface area contributed by atoms with E-state index in [1.807, 2.05) is 19.0 Å². The molecule has 0 fully saturated rings. The van der Waals surface area contributed by atoms with E-state index in [0.29, 0.717) is 6.29 Å². The average molecular weight is 142 g/mol. The summed E-state index contributed by atoms with van der Waals surface area (Å²) in [5.41, 5.74) is 0. The molecule has 0 spiro atoms. The molecule has 0 aliphatic carbocycles. The summed E-state index contributed by atoms with van der Waals surface area (Å²) in [6.45, 7) is 0. The van der Waals surface area contributed by atoms with Gasteiger partial charge in [-0.3, -0.25) is 0 Å². The maximum Gasteiger partial charge on any atom is 0.136 e. The Morgan fingerprint density at radius 2 is 2.14 bits per heavy atom. The van der Waals surface area contributed by atoms with Crippen molar-refractivity contribution < 1.29 is 4.89 Å². The molecule has 0 saturated carbocycles. The normalized spacial score (nSPS) is 15.0. The highest BCUT2D eigenvalue weighted by Crippen LogP contribution is 2.34. The van der Waals surface area contributed by atoms with Crippen molar-refractivity contribution in [2.24, 2.45) is 0 Å². The summed E-state index contributed by atoms with van der Waals surface area (Å²) in [5.74, 6) is 0. The van der Waals surface area contributed by atoms with Gasteiger partial charge in [0.2, 0.25) is 0 Å². The number of hydrogen-bond donors (Lipinski definition) is 1. The van der Waals surface area contributed by atoms with Crippen molar-refractivity contribution in [3.8, 4) is 0 Å². The summed E-state index contributed by atoms with van der Waals surface area (Å²) >= 11 is 5.25. The van der Waals surface area contributed by atoms with Gasteiger partial charge in [0.25, 0.3) is 0 Å². The second-order valence-corrected chi connectivity index (χ2v) is 3.68. The molecule has 0 amide bonds. The van der Waals surface area contributed by atoms with Crippen LogP contribution in [0.5, 0.6) is 0 Å². The van der Waals surface area contributed by atoms with E-state index in [0.717, 1.165) is 0 Å². The van der Waals surface area contributed by atoms with Crippen LogP contribution < -0.4 is 0 Å². The molecular weight excluding hydrogens is 132 g/mol. The molecule has 1 atom stereocenters. The van der Waals surface area contributed by atoms with Gasteiger partial charge < -0.3 is 9.79 Å². The standard InChI is InChI=1S/C3H9ClNOP/c1-5(2)3-7(4)6/h6H,3H2,1-2H3. The second kappa shape index (κ2) is 3.62. The molecule has 0 saturated heterocycles. The summed E-state index contributed by atoms with van der Waals surface area (Å²) in [7, 11) is 2.50. The lowest BCUT2D eigenvalue weighted by Gasteiger charge is -2.07. The summed E-state index contributed by atoms with van der Waals surface area (Å²) in [4.78, 5) is 10.4. The molecule has 0 aromatic carbocycles. The Morgan fingerprint density at radius 3 is 2.14 bits per heavy atom. The first-order valence-corrected chi connectivity index (χ1v) is 4.28. The van der Waals surface area contributed by atoms with Gasteiger partial charge in [-0.25, -0.2) is 0 Å². The van der Waals surface area contributed by atoms with Crippen LogP contribution in [0, 0.1) is 0 Å².